The SMILES string of the molecule is CCCCNC(=O)C[C@H](O[Si](C)(C)C(C)(C)C)[C@H](CC1CCCCC1)NC(=O)O. The first-order chi connectivity index (χ1) is 13.5. The third kappa shape index (κ3) is 9.51. The van der Waals surface area contributed by atoms with Gasteiger partial charge in [0.2, 0.25) is 5.91 Å². The van der Waals surface area contributed by atoms with Gasteiger partial charge in [-0.15, -0.1) is 0 Å². The van der Waals surface area contributed by atoms with Crippen molar-refractivity contribution in [3.63, 3.8) is 0 Å². The lowest BCUT2D eigenvalue weighted by Gasteiger charge is -2.42. The minimum absolute atomic E-state index is 0.0114. The van der Waals surface area contributed by atoms with Crippen molar-refractivity contribution in [1.82, 2.24) is 10.6 Å². The Morgan fingerprint density at radius 3 is 2.31 bits per heavy atom. The van der Waals surface area contributed by atoms with Crippen LogP contribution in [-0.4, -0.2) is 44.1 Å². The van der Waals surface area contributed by atoms with Gasteiger partial charge in [0.1, 0.15) is 0 Å². The molecule has 2 atom stereocenters. The van der Waals surface area contributed by atoms with Gasteiger partial charge in [0.25, 0.3) is 0 Å². The van der Waals surface area contributed by atoms with Crippen LogP contribution in [0, 0.1) is 5.92 Å². The smallest absolute Gasteiger partial charge is 0.404 e. The van der Waals surface area contributed by atoms with Crippen molar-refractivity contribution in [1.29, 1.82) is 0 Å². The molecule has 0 aromatic heterocycles. The fourth-order valence-corrected chi connectivity index (χ4v) is 5.08. The predicted octanol–water partition coefficient (Wildman–Crippen LogP) is 5.29. The summed E-state index contributed by atoms with van der Waals surface area (Å²) in [6.45, 7) is 13.6. The van der Waals surface area contributed by atoms with Crippen LogP contribution in [0.5, 0.6) is 0 Å². The number of carboxylic acid groups (broad SMARTS) is 1. The van der Waals surface area contributed by atoms with Crippen molar-refractivity contribution >= 4 is 20.3 Å². The molecule has 2 amide bonds. The molecule has 3 N–H and O–H groups in total. The molecule has 1 aliphatic rings. The molecule has 0 heterocycles. The lowest BCUT2D eigenvalue weighted by Crippen LogP contribution is -2.53. The summed E-state index contributed by atoms with van der Waals surface area (Å²) < 4.78 is 6.64. The number of nitrogens with one attached hydrogen (secondary N) is 2. The van der Waals surface area contributed by atoms with Crippen molar-refractivity contribution in [3.8, 4) is 0 Å². The molecule has 0 radical (unpaired) electrons. The number of rotatable bonds is 11. The van der Waals surface area contributed by atoms with Crippen molar-refractivity contribution in [2.75, 3.05) is 6.54 Å². The maximum Gasteiger partial charge on any atom is 0.404 e. The van der Waals surface area contributed by atoms with Crippen molar-refractivity contribution in [3.05, 3.63) is 0 Å². The molecule has 1 rings (SSSR count). The Hall–Kier alpha value is -1.08. The molecule has 0 aromatic rings. The molecule has 170 valence electrons. The fraction of sp³-hybridized carbons (Fsp3) is 0.909. The van der Waals surface area contributed by atoms with E-state index in [0.717, 1.165) is 32.1 Å². The van der Waals surface area contributed by atoms with E-state index in [1.54, 1.807) is 0 Å². The molecule has 0 aromatic carbocycles. The zero-order valence-corrected chi connectivity index (χ0v) is 20.5. The second-order valence-electron chi connectivity index (χ2n) is 10.1. The van der Waals surface area contributed by atoms with Crippen molar-refractivity contribution in [2.45, 2.75) is 116 Å². The Morgan fingerprint density at radius 2 is 1.79 bits per heavy atom. The van der Waals surface area contributed by atoms with Gasteiger partial charge < -0.3 is 20.2 Å². The second kappa shape index (κ2) is 11.9. The highest BCUT2D eigenvalue weighted by Gasteiger charge is 2.42. The first kappa shape index (κ1) is 26.0. The van der Waals surface area contributed by atoms with Crippen LogP contribution in [0.15, 0.2) is 0 Å². The van der Waals surface area contributed by atoms with E-state index in [9.17, 15) is 14.7 Å². The third-order valence-corrected chi connectivity index (χ3v) is 11.1. The molecule has 0 bridgehead atoms. The average Bonchev–Trinajstić information content (AvgIpc) is 2.60. The summed E-state index contributed by atoms with van der Waals surface area (Å²) in [4.78, 5) is 24.2. The number of carbonyl (C=O) groups excluding carboxylic acids is 1. The van der Waals surface area contributed by atoms with Crippen LogP contribution >= 0.6 is 0 Å². The molecule has 29 heavy (non-hydrogen) atoms. The normalized spacial score (nSPS) is 18.1. The summed E-state index contributed by atoms with van der Waals surface area (Å²) in [5.74, 6) is 0.442. The Labute approximate surface area is 178 Å². The number of carbonyl (C=O) groups is 2. The molecule has 1 fully saturated rings. The van der Waals surface area contributed by atoms with Crippen LogP contribution in [0.3, 0.4) is 0 Å². The quantitative estimate of drug-likeness (QED) is 0.308. The minimum atomic E-state index is -2.17. The molecular weight excluding hydrogens is 384 g/mol. The van der Waals surface area contributed by atoms with Gasteiger partial charge in [-0.25, -0.2) is 4.79 Å². The van der Waals surface area contributed by atoms with Crippen molar-refractivity contribution in [2.24, 2.45) is 5.92 Å². The summed E-state index contributed by atoms with van der Waals surface area (Å²) in [6.07, 6.45) is 7.37. The minimum Gasteiger partial charge on any atom is -0.465 e. The maximum atomic E-state index is 12.6. The lowest BCUT2D eigenvalue weighted by atomic mass is 9.83. The zero-order chi connectivity index (χ0) is 22.1. The van der Waals surface area contributed by atoms with E-state index in [0.29, 0.717) is 12.5 Å². The van der Waals surface area contributed by atoms with Crippen molar-refractivity contribution < 1.29 is 19.1 Å². The summed E-state index contributed by atoms with van der Waals surface area (Å²) in [5.41, 5.74) is 0. The Balaban J connectivity index is 2.99. The van der Waals surface area contributed by atoms with E-state index in [-0.39, 0.29) is 23.4 Å². The van der Waals surface area contributed by atoms with Crippen LogP contribution in [0.25, 0.3) is 0 Å². The van der Waals surface area contributed by atoms with Gasteiger partial charge in [0, 0.05) is 6.54 Å². The van der Waals surface area contributed by atoms with Gasteiger partial charge >= 0.3 is 6.09 Å². The molecule has 0 saturated heterocycles. The number of amides is 2. The van der Waals surface area contributed by atoms with E-state index in [1.165, 1.54) is 19.3 Å². The standard InChI is InChI=1S/C22H44N2O4Si/c1-7-8-14-23-20(25)16-19(28-29(5,6)22(2,3)4)18(24-21(26)27)15-17-12-10-9-11-13-17/h17-19,24H,7-16H2,1-6H3,(H,23,25)(H,26,27)/t18-,19-/m0/s1. The Morgan fingerprint density at radius 1 is 1.17 bits per heavy atom. The van der Waals surface area contributed by atoms with Gasteiger partial charge in [0.15, 0.2) is 8.32 Å². The highest BCUT2D eigenvalue weighted by Crippen LogP contribution is 2.39. The molecule has 7 heteroatoms. The lowest BCUT2D eigenvalue weighted by molar-refractivity contribution is -0.123. The van der Waals surface area contributed by atoms with E-state index >= 15 is 0 Å². The number of hydrogen-bond donors (Lipinski definition) is 3. The first-order valence-corrected chi connectivity index (χ1v) is 14.3. The molecule has 1 aliphatic carbocycles. The highest BCUT2D eigenvalue weighted by atomic mass is 28.4. The summed E-state index contributed by atoms with van der Waals surface area (Å²) in [6, 6.07) is -0.360. The van der Waals surface area contributed by atoms with Crippen LogP contribution in [0.4, 0.5) is 4.79 Å². The molecule has 6 nitrogen and oxygen atoms in total. The maximum absolute atomic E-state index is 12.6. The molecule has 0 spiro atoms. The third-order valence-electron chi connectivity index (χ3n) is 6.56. The Kier molecular flexibility index (Phi) is 10.7. The topological polar surface area (TPSA) is 87.7 Å². The monoisotopic (exact) mass is 428 g/mol. The molecule has 0 aliphatic heterocycles. The van der Waals surface area contributed by atoms with Gasteiger partial charge in [-0.1, -0.05) is 66.2 Å². The first-order valence-electron chi connectivity index (χ1n) is 11.4. The summed E-state index contributed by atoms with van der Waals surface area (Å²) in [5, 5.41) is 15.1. The zero-order valence-electron chi connectivity index (χ0n) is 19.5. The summed E-state index contributed by atoms with van der Waals surface area (Å²) in [7, 11) is -2.17. The van der Waals surface area contributed by atoms with Gasteiger partial charge in [-0.3, -0.25) is 4.79 Å². The number of unbranched alkanes of at least 4 members (excludes halogenated alkanes) is 1. The highest BCUT2D eigenvalue weighted by molar-refractivity contribution is 6.74. The van der Waals surface area contributed by atoms with Crippen LogP contribution in [0.1, 0.15) is 85.5 Å². The predicted molar refractivity (Wildman–Crippen MR) is 121 cm³/mol. The van der Waals surface area contributed by atoms with E-state index in [2.05, 4.69) is 51.4 Å². The van der Waals surface area contributed by atoms with E-state index in [4.69, 9.17) is 4.43 Å². The number of hydrogen-bond acceptors (Lipinski definition) is 3. The fourth-order valence-electron chi connectivity index (χ4n) is 3.72. The molecular formula is C22H44N2O4Si. The van der Waals surface area contributed by atoms with Gasteiger partial charge in [-0.2, -0.15) is 0 Å². The second-order valence-corrected chi connectivity index (χ2v) is 14.9. The van der Waals surface area contributed by atoms with Gasteiger partial charge in [-0.05, 0) is 36.9 Å². The average molecular weight is 429 g/mol. The van der Waals surface area contributed by atoms with E-state index in [1.807, 2.05) is 0 Å². The van der Waals surface area contributed by atoms with Crippen LogP contribution in [0.2, 0.25) is 18.1 Å². The van der Waals surface area contributed by atoms with Gasteiger partial charge in [0.05, 0.1) is 18.6 Å². The molecule has 1 saturated carbocycles. The van der Waals surface area contributed by atoms with Crippen LogP contribution < -0.4 is 10.6 Å². The Bertz CT molecular complexity index is 513. The van der Waals surface area contributed by atoms with E-state index < -0.39 is 20.5 Å². The molecule has 0 unspecified atom stereocenters. The summed E-state index contributed by atoms with van der Waals surface area (Å²) >= 11 is 0. The van der Waals surface area contributed by atoms with Crippen LogP contribution in [-0.2, 0) is 9.22 Å². The largest absolute Gasteiger partial charge is 0.465 e.